The van der Waals surface area contributed by atoms with Crippen LogP contribution in [0, 0.1) is 5.92 Å². The summed E-state index contributed by atoms with van der Waals surface area (Å²) in [5.74, 6) is 0.772. The van der Waals surface area contributed by atoms with E-state index in [1.807, 2.05) is 0 Å². The maximum atomic E-state index is 11.5. The number of carbonyl (C=O) groups is 1. The zero-order chi connectivity index (χ0) is 13.1. The lowest BCUT2D eigenvalue weighted by molar-refractivity contribution is -0.144. The smallest absolute Gasteiger partial charge is 0.305 e. The van der Waals surface area contributed by atoms with E-state index < -0.39 is 0 Å². The monoisotopic (exact) mass is 255 g/mol. The summed E-state index contributed by atoms with van der Waals surface area (Å²) in [5.41, 5.74) is 0. The highest BCUT2D eigenvalue weighted by Gasteiger charge is 2.15. The van der Waals surface area contributed by atoms with Crippen LogP contribution in [-0.2, 0) is 9.53 Å². The molecule has 0 heterocycles. The maximum absolute atomic E-state index is 11.5. The summed E-state index contributed by atoms with van der Waals surface area (Å²) in [6, 6.07) is 0. The fourth-order valence-corrected chi connectivity index (χ4v) is 2.55. The van der Waals surface area contributed by atoms with Crippen LogP contribution in [0.2, 0.25) is 0 Å². The van der Waals surface area contributed by atoms with Crippen molar-refractivity contribution in [3.8, 4) is 0 Å². The molecule has 1 N–H and O–H groups in total. The van der Waals surface area contributed by atoms with Gasteiger partial charge in [0.2, 0.25) is 0 Å². The largest absolute Gasteiger partial charge is 0.466 e. The van der Waals surface area contributed by atoms with Crippen LogP contribution >= 0.6 is 0 Å². The molecule has 1 saturated carbocycles. The second-order valence-electron chi connectivity index (χ2n) is 5.37. The normalized spacial score (nSPS) is 16.7. The number of rotatable bonds is 9. The molecular weight excluding hydrogens is 226 g/mol. The van der Waals surface area contributed by atoms with E-state index in [-0.39, 0.29) is 5.97 Å². The van der Waals surface area contributed by atoms with E-state index in [2.05, 4.69) is 12.2 Å². The average Bonchev–Trinajstić information content (AvgIpc) is 2.41. The molecule has 3 heteroatoms. The summed E-state index contributed by atoms with van der Waals surface area (Å²) < 4.78 is 5.23. The van der Waals surface area contributed by atoms with Crippen LogP contribution in [0.5, 0.6) is 0 Å². The van der Waals surface area contributed by atoms with Crippen LogP contribution < -0.4 is 5.32 Å². The highest BCUT2D eigenvalue weighted by molar-refractivity contribution is 5.69. The molecule has 0 aliphatic heterocycles. The SMILES string of the molecule is CCCNCCCOC(=O)CCC1CCCCC1. The topological polar surface area (TPSA) is 38.3 Å². The number of nitrogens with one attached hydrogen (secondary N) is 1. The summed E-state index contributed by atoms with van der Waals surface area (Å²) in [5, 5.41) is 3.30. The van der Waals surface area contributed by atoms with Crippen LogP contribution in [0.15, 0.2) is 0 Å². The third-order valence-corrected chi connectivity index (χ3v) is 3.67. The minimum absolute atomic E-state index is 0.00364. The molecule has 106 valence electrons. The molecule has 0 saturated heterocycles. The van der Waals surface area contributed by atoms with Gasteiger partial charge < -0.3 is 10.1 Å². The number of carbonyl (C=O) groups excluding carboxylic acids is 1. The predicted molar refractivity (Wildman–Crippen MR) is 74.5 cm³/mol. The fourth-order valence-electron chi connectivity index (χ4n) is 2.55. The average molecular weight is 255 g/mol. The van der Waals surface area contributed by atoms with Gasteiger partial charge in [0, 0.05) is 6.42 Å². The molecule has 0 aromatic rings. The molecule has 0 unspecified atom stereocenters. The van der Waals surface area contributed by atoms with Gasteiger partial charge >= 0.3 is 5.97 Å². The molecule has 0 amide bonds. The minimum atomic E-state index is -0.00364. The Kier molecular flexibility index (Phi) is 8.92. The summed E-state index contributed by atoms with van der Waals surface area (Å²) in [6.07, 6.45) is 10.4. The van der Waals surface area contributed by atoms with Crippen molar-refractivity contribution in [2.45, 2.75) is 64.7 Å². The van der Waals surface area contributed by atoms with Gasteiger partial charge in [-0.15, -0.1) is 0 Å². The first-order valence-corrected chi connectivity index (χ1v) is 7.69. The van der Waals surface area contributed by atoms with E-state index in [1.54, 1.807) is 0 Å². The zero-order valence-corrected chi connectivity index (χ0v) is 11.9. The number of esters is 1. The van der Waals surface area contributed by atoms with Crippen LogP contribution in [0.4, 0.5) is 0 Å². The molecule has 3 nitrogen and oxygen atoms in total. The Morgan fingerprint density at radius 2 is 2.00 bits per heavy atom. The van der Waals surface area contributed by atoms with E-state index in [1.165, 1.54) is 32.1 Å². The van der Waals surface area contributed by atoms with Gasteiger partial charge in [-0.1, -0.05) is 39.0 Å². The standard InChI is InChI=1S/C15H29NO2/c1-2-11-16-12-6-13-18-15(17)10-9-14-7-4-3-5-8-14/h14,16H,2-13H2,1H3. The van der Waals surface area contributed by atoms with Crippen molar-refractivity contribution in [3.05, 3.63) is 0 Å². The third-order valence-electron chi connectivity index (χ3n) is 3.67. The lowest BCUT2D eigenvalue weighted by Gasteiger charge is -2.20. The van der Waals surface area contributed by atoms with Crippen LogP contribution in [0.3, 0.4) is 0 Å². The first-order chi connectivity index (χ1) is 8.83. The molecule has 18 heavy (non-hydrogen) atoms. The van der Waals surface area contributed by atoms with E-state index in [4.69, 9.17) is 4.74 Å². The third kappa shape index (κ3) is 7.70. The predicted octanol–water partition coefficient (Wildman–Crippen LogP) is 3.28. The van der Waals surface area contributed by atoms with Gasteiger partial charge in [0.05, 0.1) is 6.61 Å². The summed E-state index contributed by atoms with van der Waals surface area (Å²) in [6.45, 7) is 4.72. The van der Waals surface area contributed by atoms with Crippen molar-refractivity contribution >= 4 is 5.97 Å². The van der Waals surface area contributed by atoms with Gasteiger partial charge in [0.1, 0.15) is 0 Å². The number of ether oxygens (including phenoxy) is 1. The van der Waals surface area contributed by atoms with Crippen molar-refractivity contribution in [1.82, 2.24) is 5.32 Å². The quantitative estimate of drug-likeness (QED) is 0.507. The maximum Gasteiger partial charge on any atom is 0.305 e. The molecular formula is C15H29NO2. The van der Waals surface area contributed by atoms with Gasteiger partial charge in [0.15, 0.2) is 0 Å². The van der Waals surface area contributed by atoms with E-state index >= 15 is 0 Å². The Balaban J connectivity index is 1.90. The second-order valence-corrected chi connectivity index (χ2v) is 5.37. The summed E-state index contributed by atoms with van der Waals surface area (Å²) >= 11 is 0. The summed E-state index contributed by atoms with van der Waals surface area (Å²) in [4.78, 5) is 11.5. The van der Waals surface area contributed by atoms with Crippen LogP contribution in [0.1, 0.15) is 64.7 Å². The van der Waals surface area contributed by atoms with Gasteiger partial charge in [-0.25, -0.2) is 0 Å². The highest BCUT2D eigenvalue weighted by Crippen LogP contribution is 2.27. The van der Waals surface area contributed by atoms with E-state index in [0.717, 1.165) is 38.3 Å². The second kappa shape index (κ2) is 10.4. The first-order valence-electron chi connectivity index (χ1n) is 7.69. The molecule has 0 atom stereocenters. The van der Waals surface area contributed by atoms with Crippen molar-refractivity contribution < 1.29 is 9.53 Å². The Hall–Kier alpha value is -0.570. The van der Waals surface area contributed by atoms with E-state index in [9.17, 15) is 4.79 Å². The number of hydrogen-bond donors (Lipinski definition) is 1. The van der Waals surface area contributed by atoms with Gasteiger partial charge in [-0.2, -0.15) is 0 Å². The summed E-state index contributed by atoms with van der Waals surface area (Å²) in [7, 11) is 0. The van der Waals surface area contributed by atoms with E-state index in [0.29, 0.717) is 13.0 Å². The Morgan fingerprint density at radius 3 is 2.72 bits per heavy atom. The number of hydrogen-bond acceptors (Lipinski definition) is 3. The Bertz CT molecular complexity index is 213. The molecule has 0 bridgehead atoms. The molecule has 1 rings (SSSR count). The highest BCUT2D eigenvalue weighted by atomic mass is 16.5. The van der Waals surface area contributed by atoms with Crippen molar-refractivity contribution in [1.29, 1.82) is 0 Å². The molecule has 0 spiro atoms. The molecule has 1 aliphatic carbocycles. The van der Waals surface area contributed by atoms with Gasteiger partial charge in [0.25, 0.3) is 0 Å². The van der Waals surface area contributed by atoms with Gasteiger partial charge in [-0.3, -0.25) is 4.79 Å². The van der Waals surface area contributed by atoms with Crippen LogP contribution in [-0.4, -0.2) is 25.7 Å². The molecule has 0 radical (unpaired) electrons. The molecule has 0 aromatic heterocycles. The van der Waals surface area contributed by atoms with Crippen molar-refractivity contribution in [2.75, 3.05) is 19.7 Å². The lowest BCUT2D eigenvalue weighted by atomic mass is 9.86. The van der Waals surface area contributed by atoms with Crippen molar-refractivity contribution in [2.24, 2.45) is 5.92 Å². The molecule has 0 aromatic carbocycles. The first kappa shape index (κ1) is 15.5. The molecule has 1 fully saturated rings. The lowest BCUT2D eigenvalue weighted by Crippen LogP contribution is -2.18. The van der Waals surface area contributed by atoms with Gasteiger partial charge in [-0.05, 0) is 38.3 Å². The minimum Gasteiger partial charge on any atom is -0.466 e. The fraction of sp³-hybridized carbons (Fsp3) is 0.933. The van der Waals surface area contributed by atoms with Crippen LogP contribution in [0.25, 0.3) is 0 Å². The zero-order valence-electron chi connectivity index (χ0n) is 11.9. The Morgan fingerprint density at radius 1 is 1.22 bits per heavy atom. The van der Waals surface area contributed by atoms with Crippen molar-refractivity contribution in [3.63, 3.8) is 0 Å². The Labute approximate surface area is 112 Å². The molecule has 1 aliphatic rings.